The SMILES string of the molecule is CC(C)c1ccc(C2CCOC2)c(CCCC(F)(F)F)n1.CC(C)c1ccc(C2CCOC2)c(CN(C)C2COC2)n1.CC(C)c1ccc([C@@H]2CCOC2)c(CCCC(F)(F)F)n1.CC(C)c1ccc([C@@H]2CCOC2)c(CN(C)C2COC2)n1.CC(C)c1ccc([C@@H]2CCOC2)c(CN(C)CC(F)F)n1.CC(C)c1ccc([C@H]2CCOC2)c(CCCC(F)(F)F)n1.CC(C)c1ccc([C@H]2CCOC2)c(CN(C)CC(F)F)n1. The van der Waals surface area contributed by atoms with Crippen LogP contribution in [0.4, 0.5) is 57.1 Å². The van der Waals surface area contributed by atoms with E-state index in [0.717, 1.165) is 229 Å². The number of rotatable bonds is 37. The lowest BCUT2D eigenvalue weighted by atomic mass is 9.93. The van der Waals surface area contributed by atoms with Crippen molar-refractivity contribution in [3.63, 3.8) is 0 Å². The third-order valence-corrected chi connectivity index (χ3v) is 28.6. The Hall–Kier alpha value is -7.38. The van der Waals surface area contributed by atoms with Crippen LogP contribution in [0.2, 0.25) is 0 Å². The highest BCUT2D eigenvalue weighted by atomic mass is 19.4. The number of nitrogens with zero attached hydrogens (tertiary/aromatic N) is 11. The maximum atomic E-state index is 12.5. The third-order valence-electron chi connectivity index (χ3n) is 28.6. The highest BCUT2D eigenvalue weighted by Gasteiger charge is 2.36. The molecule has 0 amide bonds. The highest BCUT2D eigenvalue weighted by molar-refractivity contribution is 5.36. The van der Waals surface area contributed by atoms with Crippen LogP contribution in [0.3, 0.4) is 0 Å². The first kappa shape index (κ1) is 121. The molecule has 7 atom stereocenters. The first-order valence-electron chi connectivity index (χ1n) is 53.6. The predicted octanol–water partition coefficient (Wildman–Crippen LogP) is 25.7. The molecule has 9 aliphatic heterocycles. The van der Waals surface area contributed by atoms with E-state index >= 15 is 0 Å². The summed E-state index contributed by atoms with van der Waals surface area (Å²) >= 11 is 0. The van der Waals surface area contributed by atoms with Crippen LogP contribution in [0.5, 0.6) is 0 Å². The fourth-order valence-corrected chi connectivity index (χ4v) is 19.3. The number of aryl methyl sites for hydroxylation is 3. The lowest BCUT2D eigenvalue weighted by molar-refractivity contribution is -0.136. The number of pyridine rings is 7. The summed E-state index contributed by atoms with van der Waals surface area (Å²) in [5.41, 5.74) is 22.2. The Labute approximate surface area is 865 Å². The van der Waals surface area contributed by atoms with Gasteiger partial charge in [0.25, 0.3) is 12.9 Å². The summed E-state index contributed by atoms with van der Waals surface area (Å²) in [6.45, 7) is 45.6. The van der Waals surface area contributed by atoms with Gasteiger partial charge in [-0.05, 0) is 234 Å². The molecule has 9 fully saturated rings. The number of hydrogen-bond donors (Lipinski definition) is 0. The molecular formula is C114H166F13N11O9. The van der Waals surface area contributed by atoms with Crippen molar-refractivity contribution in [1.82, 2.24) is 54.5 Å². The van der Waals surface area contributed by atoms with Crippen molar-refractivity contribution >= 4 is 0 Å². The first-order chi connectivity index (χ1) is 69.8. The number of halogens is 13. The van der Waals surface area contributed by atoms with Crippen LogP contribution < -0.4 is 0 Å². The van der Waals surface area contributed by atoms with Crippen LogP contribution in [0.15, 0.2) is 84.9 Å². The standard InChI is InChI=1S/2C17H26N2O2.3C16H22F3NO.2C16H24F2N2O/c2*1-12(2)16-5-4-15(13-6-7-20-9-13)17(18-16)8-19(3)14-10-21-11-14;3*1-11(2)14-6-5-13(12-7-9-21-10-12)15(20-14)4-3-8-16(17,18)19;2*1-11(2)14-5-4-13(12-6-7-21-10-12)15(19-14)8-20(3)9-16(17)18/h2*4-5,12-14H,6-11H2,1-3H3;3*5-6,11-12H,3-4,7-10H2,1-2H3;2*4-5,11-12,16H,6-10H2,1-3H3/t13-;;2*12-;;2*12-/m1.10.10/s1. The summed E-state index contributed by atoms with van der Waals surface area (Å²) in [6, 6.07) is 30.4. The van der Waals surface area contributed by atoms with E-state index in [-0.39, 0.29) is 67.9 Å². The second kappa shape index (κ2) is 59.7. The molecule has 0 aromatic carbocycles. The van der Waals surface area contributed by atoms with Gasteiger partial charge in [-0.2, -0.15) is 39.5 Å². The van der Waals surface area contributed by atoms with Gasteiger partial charge in [-0.1, -0.05) is 139 Å². The first-order valence-corrected chi connectivity index (χ1v) is 53.6. The second-order valence-corrected chi connectivity index (χ2v) is 43.2. The van der Waals surface area contributed by atoms with Gasteiger partial charge in [0.2, 0.25) is 0 Å². The molecule has 9 saturated heterocycles. The minimum atomic E-state index is -4.09. The lowest BCUT2D eigenvalue weighted by Crippen LogP contribution is -2.46. The summed E-state index contributed by atoms with van der Waals surface area (Å²) in [5.74, 6) is 4.97. The van der Waals surface area contributed by atoms with Gasteiger partial charge in [-0.3, -0.25) is 54.5 Å². The average molecular weight is 2080 g/mol. The molecule has 0 spiro atoms. The molecule has 0 bridgehead atoms. The van der Waals surface area contributed by atoms with Crippen LogP contribution in [-0.4, -0.2) is 258 Å². The Morgan fingerprint density at radius 2 is 0.429 bits per heavy atom. The van der Waals surface area contributed by atoms with Crippen molar-refractivity contribution < 1.29 is 99.7 Å². The van der Waals surface area contributed by atoms with Gasteiger partial charge >= 0.3 is 18.5 Å². The van der Waals surface area contributed by atoms with Gasteiger partial charge < -0.3 is 42.6 Å². The Morgan fingerprint density at radius 1 is 0.252 bits per heavy atom. The van der Waals surface area contributed by atoms with E-state index in [0.29, 0.717) is 125 Å². The number of aromatic nitrogens is 7. The highest BCUT2D eigenvalue weighted by Crippen LogP contribution is 2.40. The van der Waals surface area contributed by atoms with Crippen molar-refractivity contribution in [2.24, 2.45) is 0 Å². The predicted molar refractivity (Wildman–Crippen MR) is 549 cm³/mol. The zero-order chi connectivity index (χ0) is 107. The average Bonchev–Trinajstić information content (AvgIpc) is 1.79. The molecule has 33 heteroatoms. The van der Waals surface area contributed by atoms with E-state index in [9.17, 15) is 57.1 Å². The van der Waals surface area contributed by atoms with Crippen LogP contribution in [-0.2, 0) is 88.1 Å². The minimum Gasteiger partial charge on any atom is -0.381 e. The van der Waals surface area contributed by atoms with Gasteiger partial charge in [-0.25, -0.2) is 17.6 Å². The molecule has 16 heterocycles. The van der Waals surface area contributed by atoms with Gasteiger partial charge in [0, 0.05) is 190 Å². The number of likely N-dealkylation sites (N-methyl/N-ethyl adjacent to an activating group) is 2. The van der Waals surface area contributed by atoms with E-state index in [1.54, 1.807) is 23.9 Å². The van der Waals surface area contributed by atoms with Crippen LogP contribution in [0.1, 0.15) is 382 Å². The lowest BCUT2D eigenvalue weighted by Gasteiger charge is -2.35. The number of ether oxygens (including phenoxy) is 9. The molecule has 0 N–H and O–H groups in total. The van der Waals surface area contributed by atoms with Crippen molar-refractivity contribution in [3.8, 4) is 0 Å². The molecule has 16 rings (SSSR count). The fraction of sp³-hybridized carbons (Fsp3) is 0.693. The van der Waals surface area contributed by atoms with Gasteiger partial charge in [-0.15, -0.1) is 0 Å². The Bertz CT molecular complexity index is 4620. The van der Waals surface area contributed by atoms with E-state index in [2.05, 4.69) is 143 Å². The van der Waals surface area contributed by atoms with E-state index in [1.807, 2.05) is 77.9 Å². The summed E-state index contributed by atoms with van der Waals surface area (Å²) in [7, 11) is 7.77. The third kappa shape index (κ3) is 40.2. The smallest absolute Gasteiger partial charge is 0.381 e. The molecule has 147 heavy (non-hydrogen) atoms. The minimum absolute atomic E-state index is 0.0959. The van der Waals surface area contributed by atoms with Gasteiger partial charge in [0.05, 0.1) is 121 Å². The molecule has 20 nitrogen and oxygen atoms in total. The second-order valence-electron chi connectivity index (χ2n) is 43.2. The fourth-order valence-electron chi connectivity index (χ4n) is 19.3. The van der Waals surface area contributed by atoms with Gasteiger partial charge in [0.1, 0.15) is 0 Å². The van der Waals surface area contributed by atoms with E-state index in [4.69, 9.17) is 62.6 Å². The molecule has 7 aromatic heterocycles. The van der Waals surface area contributed by atoms with Crippen molar-refractivity contribution in [3.05, 3.63) is 204 Å². The Balaban J connectivity index is 0.000000176. The molecule has 7 aromatic rings. The Morgan fingerprint density at radius 3 is 0.578 bits per heavy atom. The number of hydrogen-bond acceptors (Lipinski definition) is 20. The maximum Gasteiger partial charge on any atom is 0.389 e. The molecule has 9 aliphatic rings. The molecule has 822 valence electrons. The normalized spacial score (nSPS) is 20.4. The Kier molecular flexibility index (Phi) is 49.4. The van der Waals surface area contributed by atoms with Gasteiger partial charge in [0.15, 0.2) is 0 Å². The monoisotopic (exact) mass is 2080 g/mol. The maximum absolute atomic E-state index is 12.5. The van der Waals surface area contributed by atoms with Crippen LogP contribution in [0, 0.1) is 0 Å². The molecule has 2 unspecified atom stereocenters. The summed E-state index contributed by atoms with van der Waals surface area (Å²) < 4.78 is 210. The molecular weight excluding hydrogens is 1910 g/mol. The van der Waals surface area contributed by atoms with E-state index in [1.165, 1.54) is 33.9 Å². The molecule has 0 saturated carbocycles. The summed E-state index contributed by atoms with van der Waals surface area (Å²) in [4.78, 5) is 41.2. The summed E-state index contributed by atoms with van der Waals surface area (Å²) in [6.07, 6.45) is -10.8. The van der Waals surface area contributed by atoms with Crippen LogP contribution >= 0.6 is 0 Å². The zero-order valence-electron chi connectivity index (χ0n) is 90.3. The molecule has 0 aliphatic carbocycles. The zero-order valence-corrected chi connectivity index (χ0v) is 90.3. The quantitative estimate of drug-likeness (QED) is 0.0334. The summed E-state index contributed by atoms with van der Waals surface area (Å²) in [5, 5.41) is 0. The largest absolute Gasteiger partial charge is 0.389 e. The van der Waals surface area contributed by atoms with Crippen molar-refractivity contribution in [1.29, 1.82) is 0 Å². The topological polar surface area (TPSA) is 186 Å². The van der Waals surface area contributed by atoms with E-state index < -0.39 is 50.6 Å². The van der Waals surface area contributed by atoms with Crippen molar-refractivity contribution in [2.75, 3.05) is 160 Å². The van der Waals surface area contributed by atoms with Crippen molar-refractivity contribution in [2.45, 2.75) is 352 Å². The van der Waals surface area contributed by atoms with Crippen LogP contribution in [0.25, 0.3) is 0 Å². The molecule has 0 radical (unpaired) electrons. The number of alkyl halides is 13.